The van der Waals surface area contributed by atoms with Gasteiger partial charge in [-0.25, -0.2) is 9.37 Å². The largest absolute Gasteiger partial charge is 0.344 e. The number of fused-ring (bicyclic) bond motifs is 1. The molecule has 23 heavy (non-hydrogen) atoms. The highest BCUT2D eigenvalue weighted by atomic mass is 35.5. The van der Waals surface area contributed by atoms with Crippen molar-refractivity contribution in [3.05, 3.63) is 29.8 Å². The van der Waals surface area contributed by atoms with Crippen molar-refractivity contribution in [3.8, 4) is 0 Å². The van der Waals surface area contributed by atoms with Gasteiger partial charge < -0.3 is 15.6 Å². The van der Waals surface area contributed by atoms with E-state index in [4.69, 9.17) is 5.73 Å². The Hall–Kier alpha value is -1.37. The van der Waals surface area contributed by atoms with Crippen LogP contribution in [0.3, 0.4) is 0 Å². The minimum Gasteiger partial charge on any atom is -0.344 e. The Balaban J connectivity index is 0.00000132. The molecule has 1 aliphatic rings. The van der Waals surface area contributed by atoms with Crippen molar-refractivity contribution >= 4 is 41.8 Å². The molecular formula is C15H21Cl2FN4O. The smallest absolute Gasteiger partial charge is 0.256 e. The average molecular weight is 363 g/mol. The van der Waals surface area contributed by atoms with Gasteiger partial charge >= 0.3 is 0 Å². The molecule has 128 valence electrons. The molecule has 0 saturated carbocycles. The number of carbonyl (C=O) groups is 1. The van der Waals surface area contributed by atoms with Gasteiger partial charge in [0.2, 0.25) is 0 Å². The Morgan fingerprint density at radius 1 is 1.48 bits per heavy atom. The number of benzene rings is 1. The van der Waals surface area contributed by atoms with Gasteiger partial charge in [-0.1, -0.05) is 6.92 Å². The topological polar surface area (TPSA) is 75.0 Å². The number of aromatic amines is 1. The Labute approximate surface area is 146 Å². The van der Waals surface area contributed by atoms with E-state index in [1.807, 2.05) is 0 Å². The number of imidazole rings is 1. The van der Waals surface area contributed by atoms with E-state index in [2.05, 4.69) is 16.9 Å². The summed E-state index contributed by atoms with van der Waals surface area (Å²) in [4.78, 5) is 21.5. The number of rotatable bonds is 2. The lowest BCUT2D eigenvalue weighted by Crippen LogP contribution is -2.49. The zero-order valence-electron chi connectivity index (χ0n) is 12.8. The van der Waals surface area contributed by atoms with Gasteiger partial charge in [0, 0.05) is 19.1 Å². The molecule has 3 rings (SSSR count). The predicted molar refractivity (Wildman–Crippen MR) is 92.8 cm³/mol. The minimum atomic E-state index is -0.440. The first-order valence-electron chi connectivity index (χ1n) is 7.23. The number of likely N-dealkylation sites (tertiary alicyclic amines) is 1. The van der Waals surface area contributed by atoms with Crippen LogP contribution in [0.5, 0.6) is 0 Å². The van der Waals surface area contributed by atoms with Crippen LogP contribution < -0.4 is 5.73 Å². The monoisotopic (exact) mass is 362 g/mol. The normalized spacial score (nSPS) is 20.7. The molecule has 1 amide bonds. The fourth-order valence-electron chi connectivity index (χ4n) is 3.07. The molecule has 3 N–H and O–H groups in total. The second-order valence-corrected chi connectivity index (χ2v) is 5.77. The molecule has 1 saturated heterocycles. The summed E-state index contributed by atoms with van der Waals surface area (Å²) in [6.07, 6.45) is 3.31. The molecule has 5 nitrogen and oxygen atoms in total. The maximum atomic E-state index is 13.7. The van der Waals surface area contributed by atoms with Gasteiger partial charge in [-0.2, -0.15) is 0 Å². The quantitative estimate of drug-likeness (QED) is 0.862. The lowest BCUT2D eigenvalue weighted by atomic mass is 9.91. The van der Waals surface area contributed by atoms with Gasteiger partial charge in [0.05, 0.1) is 17.4 Å². The van der Waals surface area contributed by atoms with E-state index in [0.29, 0.717) is 35.6 Å². The number of nitrogens with two attached hydrogens (primary N) is 1. The van der Waals surface area contributed by atoms with Crippen LogP contribution in [0.15, 0.2) is 18.5 Å². The number of hydrogen-bond donors (Lipinski definition) is 2. The molecule has 0 radical (unpaired) electrons. The Morgan fingerprint density at radius 3 is 2.91 bits per heavy atom. The van der Waals surface area contributed by atoms with E-state index in [1.165, 1.54) is 18.5 Å². The number of nitrogens with zero attached hydrogens (tertiary/aromatic N) is 2. The molecule has 1 aliphatic heterocycles. The second-order valence-electron chi connectivity index (χ2n) is 5.77. The zero-order chi connectivity index (χ0) is 15.0. The number of carbonyl (C=O) groups excluding carboxylic acids is 1. The molecular weight excluding hydrogens is 342 g/mol. The van der Waals surface area contributed by atoms with Crippen molar-refractivity contribution in [3.63, 3.8) is 0 Å². The van der Waals surface area contributed by atoms with Crippen molar-refractivity contribution in [1.29, 1.82) is 0 Å². The number of piperidine rings is 1. The van der Waals surface area contributed by atoms with Gasteiger partial charge in [-0.15, -0.1) is 24.8 Å². The molecule has 1 fully saturated rings. The summed E-state index contributed by atoms with van der Waals surface area (Å²) in [7, 11) is 0. The van der Waals surface area contributed by atoms with Crippen molar-refractivity contribution in [2.24, 2.45) is 11.7 Å². The van der Waals surface area contributed by atoms with E-state index in [1.54, 1.807) is 4.90 Å². The summed E-state index contributed by atoms with van der Waals surface area (Å²) in [5, 5.41) is 0. The van der Waals surface area contributed by atoms with Crippen LogP contribution in [0, 0.1) is 11.7 Å². The Morgan fingerprint density at radius 2 is 2.22 bits per heavy atom. The molecule has 0 aliphatic carbocycles. The number of aromatic nitrogens is 2. The lowest BCUT2D eigenvalue weighted by molar-refractivity contribution is 0.0575. The van der Waals surface area contributed by atoms with Crippen LogP contribution in [0.25, 0.3) is 11.0 Å². The van der Waals surface area contributed by atoms with E-state index < -0.39 is 5.82 Å². The molecule has 2 aromatic rings. The Bertz CT molecular complexity index is 679. The van der Waals surface area contributed by atoms with Gasteiger partial charge in [0.15, 0.2) is 0 Å². The highest BCUT2D eigenvalue weighted by Gasteiger charge is 2.30. The maximum Gasteiger partial charge on any atom is 0.256 e. The molecule has 1 aromatic heterocycles. The summed E-state index contributed by atoms with van der Waals surface area (Å²) < 4.78 is 13.7. The molecule has 2 heterocycles. The van der Waals surface area contributed by atoms with Crippen LogP contribution in [0.2, 0.25) is 0 Å². The molecule has 8 heteroatoms. The standard InChI is InChI=1S/C15H19FN4O.2ClH/c1-9-2-3-20(11(4-9)7-17)15(21)12-5-10(16)6-13-14(12)19-8-18-13;;/h5-6,8-9,11H,2-4,7,17H2,1H3,(H,18,19);2*1H. The highest BCUT2D eigenvalue weighted by Crippen LogP contribution is 2.26. The molecule has 2 atom stereocenters. The van der Waals surface area contributed by atoms with E-state index in [-0.39, 0.29) is 36.8 Å². The highest BCUT2D eigenvalue weighted by molar-refractivity contribution is 6.05. The van der Waals surface area contributed by atoms with Gasteiger partial charge in [-0.05, 0) is 30.9 Å². The first-order valence-corrected chi connectivity index (χ1v) is 7.23. The average Bonchev–Trinajstić information content (AvgIpc) is 2.93. The van der Waals surface area contributed by atoms with E-state index >= 15 is 0 Å². The van der Waals surface area contributed by atoms with Crippen LogP contribution >= 0.6 is 24.8 Å². The molecule has 0 bridgehead atoms. The van der Waals surface area contributed by atoms with Gasteiger partial charge in [0.25, 0.3) is 5.91 Å². The fraction of sp³-hybridized carbons (Fsp3) is 0.467. The summed E-state index contributed by atoms with van der Waals surface area (Å²) in [6, 6.07) is 2.62. The third-order valence-electron chi connectivity index (χ3n) is 4.23. The number of amides is 1. The summed E-state index contributed by atoms with van der Waals surface area (Å²) in [6.45, 7) is 3.25. The zero-order valence-corrected chi connectivity index (χ0v) is 14.4. The predicted octanol–water partition coefficient (Wildman–Crippen LogP) is 2.75. The van der Waals surface area contributed by atoms with Crippen molar-refractivity contribution in [2.75, 3.05) is 13.1 Å². The Kier molecular flexibility index (Phi) is 6.80. The van der Waals surface area contributed by atoms with Crippen molar-refractivity contribution in [1.82, 2.24) is 14.9 Å². The van der Waals surface area contributed by atoms with Crippen molar-refractivity contribution in [2.45, 2.75) is 25.8 Å². The SMILES string of the molecule is CC1CCN(C(=O)c2cc(F)cc3[nH]cnc23)C(CN)C1.Cl.Cl. The molecule has 1 aromatic carbocycles. The van der Waals surface area contributed by atoms with E-state index in [9.17, 15) is 9.18 Å². The van der Waals surface area contributed by atoms with E-state index in [0.717, 1.165) is 12.8 Å². The fourth-order valence-corrected chi connectivity index (χ4v) is 3.07. The number of hydrogen-bond acceptors (Lipinski definition) is 3. The third-order valence-corrected chi connectivity index (χ3v) is 4.23. The first-order chi connectivity index (χ1) is 10.1. The molecule has 2 unspecified atom stereocenters. The summed E-state index contributed by atoms with van der Waals surface area (Å²) >= 11 is 0. The maximum absolute atomic E-state index is 13.7. The van der Waals surface area contributed by atoms with Gasteiger partial charge in [-0.3, -0.25) is 4.79 Å². The molecule has 0 spiro atoms. The minimum absolute atomic E-state index is 0. The van der Waals surface area contributed by atoms with Crippen molar-refractivity contribution < 1.29 is 9.18 Å². The summed E-state index contributed by atoms with van der Waals surface area (Å²) in [5.41, 5.74) is 7.15. The van der Waals surface area contributed by atoms with Crippen LogP contribution in [0.4, 0.5) is 4.39 Å². The number of halogens is 3. The first kappa shape index (κ1) is 19.7. The number of nitrogens with one attached hydrogen (secondary N) is 1. The van der Waals surface area contributed by atoms with Crippen LogP contribution in [0.1, 0.15) is 30.1 Å². The van der Waals surface area contributed by atoms with Crippen LogP contribution in [-0.2, 0) is 0 Å². The number of H-pyrrole nitrogens is 1. The lowest BCUT2D eigenvalue weighted by Gasteiger charge is -2.38. The third kappa shape index (κ3) is 3.76. The summed E-state index contributed by atoms with van der Waals surface area (Å²) in [5.74, 6) is -0.0702. The van der Waals surface area contributed by atoms with Crippen LogP contribution in [-0.4, -0.2) is 39.9 Å². The second kappa shape index (κ2) is 7.95. The van der Waals surface area contributed by atoms with Gasteiger partial charge in [0.1, 0.15) is 11.3 Å².